The smallest absolute Gasteiger partial charge is 0.230 e. The first-order chi connectivity index (χ1) is 11.7. The highest BCUT2D eigenvalue weighted by Gasteiger charge is 2.26. The third-order valence-electron chi connectivity index (χ3n) is 4.60. The molecule has 0 radical (unpaired) electrons. The first-order valence-electron chi connectivity index (χ1n) is 8.11. The normalized spacial score (nSPS) is 17.0. The van der Waals surface area contributed by atoms with Crippen molar-refractivity contribution in [1.82, 2.24) is 19.1 Å². The van der Waals surface area contributed by atoms with Crippen molar-refractivity contribution < 1.29 is 4.79 Å². The van der Waals surface area contributed by atoms with Crippen molar-refractivity contribution >= 4 is 34.5 Å². The fraction of sp³-hybridized carbons (Fsp3) is 0.353. The lowest BCUT2D eigenvalue weighted by atomic mass is 9.95. The third-order valence-corrected chi connectivity index (χ3v) is 4.84. The van der Waals surface area contributed by atoms with Crippen molar-refractivity contribution in [3.8, 4) is 0 Å². The van der Waals surface area contributed by atoms with E-state index in [0.29, 0.717) is 17.4 Å². The molecule has 0 saturated heterocycles. The number of hydrogen-bond donors (Lipinski definition) is 1. The van der Waals surface area contributed by atoms with E-state index in [1.165, 1.54) is 0 Å². The molecule has 4 rings (SSSR count). The molecular formula is C17H18ClN5O. The Morgan fingerprint density at radius 1 is 1.46 bits per heavy atom. The Hall–Kier alpha value is -2.34. The molecule has 0 bridgehead atoms. The average molecular weight is 344 g/mol. The molecule has 0 unspecified atom stereocenters. The van der Waals surface area contributed by atoms with Crippen LogP contribution in [0.15, 0.2) is 30.7 Å². The van der Waals surface area contributed by atoms with Crippen LogP contribution in [0.4, 0.5) is 5.95 Å². The van der Waals surface area contributed by atoms with Gasteiger partial charge >= 0.3 is 0 Å². The predicted molar refractivity (Wildman–Crippen MR) is 93.1 cm³/mol. The molecule has 7 heteroatoms. The Bertz CT molecular complexity index is 913. The van der Waals surface area contributed by atoms with Crippen LogP contribution < -0.4 is 5.32 Å². The van der Waals surface area contributed by atoms with Gasteiger partial charge in [-0.25, -0.2) is 9.97 Å². The summed E-state index contributed by atoms with van der Waals surface area (Å²) in [5, 5.41) is 3.64. The highest BCUT2D eigenvalue weighted by atomic mass is 35.5. The minimum atomic E-state index is -0.0529. The Balaban J connectivity index is 1.59. The zero-order valence-electron chi connectivity index (χ0n) is 13.4. The number of fused-ring (bicyclic) bond motifs is 2. The van der Waals surface area contributed by atoms with E-state index in [-0.39, 0.29) is 11.8 Å². The number of aryl methyl sites for hydroxylation is 2. The number of carbonyl (C=O) groups is 1. The maximum Gasteiger partial charge on any atom is 0.230 e. The molecule has 24 heavy (non-hydrogen) atoms. The number of rotatable bonds is 3. The Morgan fingerprint density at radius 3 is 3.17 bits per heavy atom. The minimum absolute atomic E-state index is 0.0125. The number of benzene rings is 1. The summed E-state index contributed by atoms with van der Waals surface area (Å²) in [6.45, 7) is 3.59. The van der Waals surface area contributed by atoms with Gasteiger partial charge in [0.25, 0.3) is 0 Å². The Labute approximate surface area is 144 Å². The van der Waals surface area contributed by atoms with Crippen molar-refractivity contribution in [3.05, 3.63) is 41.4 Å². The molecule has 124 valence electrons. The highest BCUT2D eigenvalue weighted by molar-refractivity contribution is 6.31. The van der Waals surface area contributed by atoms with Gasteiger partial charge in [-0.15, -0.1) is 0 Å². The van der Waals surface area contributed by atoms with E-state index < -0.39 is 0 Å². The van der Waals surface area contributed by atoms with E-state index in [1.807, 2.05) is 42.2 Å². The molecule has 1 atom stereocenters. The molecule has 0 saturated carbocycles. The molecule has 6 nitrogen and oxygen atoms in total. The van der Waals surface area contributed by atoms with Crippen LogP contribution in [0.1, 0.15) is 19.0 Å². The van der Waals surface area contributed by atoms with E-state index in [1.54, 1.807) is 0 Å². The number of carbonyl (C=O) groups excluding carboxylic acids is 1. The fourth-order valence-corrected chi connectivity index (χ4v) is 3.49. The largest absolute Gasteiger partial charge is 0.335 e. The lowest BCUT2D eigenvalue weighted by Gasteiger charge is -2.22. The highest BCUT2D eigenvalue weighted by Crippen LogP contribution is 2.25. The zero-order valence-corrected chi connectivity index (χ0v) is 14.1. The first kappa shape index (κ1) is 15.2. The Morgan fingerprint density at radius 2 is 2.33 bits per heavy atom. The lowest BCUT2D eigenvalue weighted by molar-refractivity contribution is -0.120. The molecule has 0 aliphatic carbocycles. The van der Waals surface area contributed by atoms with E-state index >= 15 is 0 Å². The summed E-state index contributed by atoms with van der Waals surface area (Å²) in [6.07, 6.45) is 5.18. The minimum Gasteiger partial charge on any atom is -0.335 e. The Kier molecular flexibility index (Phi) is 3.76. The van der Waals surface area contributed by atoms with Crippen LogP contribution in [0.3, 0.4) is 0 Å². The topological polar surface area (TPSA) is 64.7 Å². The van der Waals surface area contributed by atoms with Gasteiger partial charge in [0.15, 0.2) is 0 Å². The van der Waals surface area contributed by atoms with Crippen molar-refractivity contribution in [2.75, 3.05) is 5.32 Å². The van der Waals surface area contributed by atoms with Gasteiger partial charge in [0, 0.05) is 42.3 Å². The number of imidazole rings is 2. The molecule has 1 amide bonds. The van der Waals surface area contributed by atoms with Crippen LogP contribution in [-0.2, 0) is 24.3 Å². The molecule has 1 aliphatic heterocycles. The molecule has 0 spiro atoms. The summed E-state index contributed by atoms with van der Waals surface area (Å²) in [7, 11) is 0. The number of anilines is 1. The molecule has 3 aromatic rings. The molecule has 0 fully saturated rings. The van der Waals surface area contributed by atoms with Crippen molar-refractivity contribution in [3.63, 3.8) is 0 Å². The second kappa shape index (κ2) is 5.94. The summed E-state index contributed by atoms with van der Waals surface area (Å²) in [6, 6.07) is 5.59. The van der Waals surface area contributed by atoms with Crippen molar-refractivity contribution in [2.24, 2.45) is 5.92 Å². The molecular weight excluding hydrogens is 326 g/mol. The number of nitrogens with one attached hydrogen (secondary N) is 1. The van der Waals surface area contributed by atoms with E-state index in [0.717, 1.165) is 36.2 Å². The summed E-state index contributed by atoms with van der Waals surface area (Å²) in [4.78, 5) is 21.4. The predicted octanol–water partition coefficient (Wildman–Crippen LogP) is 3.11. The van der Waals surface area contributed by atoms with Crippen molar-refractivity contribution in [2.45, 2.75) is 32.9 Å². The summed E-state index contributed by atoms with van der Waals surface area (Å²) in [5.41, 5.74) is 2.87. The summed E-state index contributed by atoms with van der Waals surface area (Å²) >= 11 is 6.04. The van der Waals surface area contributed by atoms with E-state index in [4.69, 9.17) is 11.6 Å². The van der Waals surface area contributed by atoms with E-state index in [9.17, 15) is 4.79 Å². The van der Waals surface area contributed by atoms with Gasteiger partial charge in [-0.2, -0.15) is 0 Å². The van der Waals surface area contributed by atoms with Gasteiger partial charge in [0.05, 0.1) is 17.4 Å². The van der Waals surface area contributed by atoms with Crippen LogP contribution in [0.5, 0.6) is 0 Å². The second-order valence-electron chi connectivity index (χ2n) is 6.07. The molecule has 2 aromatic heterocycles. The summed E-state index contributed by atoms with van der Waals surface area (Å²) in [5.74, 6) is 0.542. The number of amides is 1. The van der Waals surface area contributed by atoms with Gasteiger partial charge in [-0.05, 0) is 31.5 Å². The maximum absolute atomic E-state index is 12.7. The van der Waals surface area contributed by atoms with Gasteiger partial charge in [0.2, 0.25) is 11.9 Å². The number of aromatic nitrogens is 4. The molecule has 1 aliphatic rings. The molecule has 1 N–H and O–H groups in total. The first-order valence-corrected chi connectivity index (χ1v) is 8.49. The van der Waals surface area contributed by atoms with Gasteiger partial charge < -0.3 is 9.13 Å². The third kappa shape index (κ3) is 2.57. The van der Waals surface area contributed by atoms with E-state index in [2.05, 4.69) is 19.9 Å². The van der Waals surface area contributed by atoms with Crippen LogP contribution in [0.25, 0.3) is 11.0 Å². The number of halogens is 1. The maximum atomic E-state index is 12.7. The number of nitrogens with zero attached hydrogens (tertiary/aromatic N) is 4. The van der Waals surface area contributed by atoms with Crippen LogP contribution in [0, 0.1) is 5.92 Å². The molecule has 3 heterocycles. The monoisotopic (exact) mass is 343 g/mol. The lowest BCUT2D eigenvalue weighted by Crippen LogP contribution is -2.30. The van der Waals surface area contributed by atoms with Gasteiger partial charge in [-0.1, -0.05) is 11.6 Å². The van der Waals surface area contributed by atoms with Crippen LogP contribution in [-0.4, -0.2) is 25.0 Å². The van der Waals surface area contributed by atoms with Crippen LogP contribution in [0.2, 0.25) is 5.02 Å². The van der Waals surface area contributed by atoms with Crippen LogP contribution >= 0.6 is 11.6 Å². The zero-order chi connectivity index (χ0) is 16.7. The summed E-state index contributed by atoms with van der Waals surface area (Å²) < 4.78 is 4.10. The standard InChI is InChI=1S/C17H18ClN5O/c1-2-23-15-4-3-12(18)8-14(15)20-17(23)21-16(24)11-5-6-22-10-19-9-13(22)7-11/h3-4,8-11H,2,5-7H2,1H3,(H,20,21,24)/t11-/m0/s1. The number of hydrogen-bond acceptors (Lipinski definition) is 3. The molecule has 1 aromatic carbocycles. The van der Waals surface area contributed by atoms with Gasteiger partial charge in [-0.3, -0.25) is 10.1 Å². The average Bonchev–Trinajstić information content (AvgIpc) is 3.17. The van der Waals surface area contributed by atoms with Crippen molar-refractivity contribution in [1.29, 1.82) is 0 Å². The second-order valence-corrected chi connectivity index (χ2v) is 6.51. The fourth-order valence-electron chi connectivity index (χ4n) is 3.32. The van der Waals surface area contributed by atoms with Gasteiger partial charge in [0.1, 0.15) is 0 Å². The SMILES string of the molecule is CCn1c(NC(=O)[C@H]2CCn3cncc3C2)nc2cc(Cl)ccc21. The quantitative estimate of drug-likeness (QED) is 0.794.